The average molecular weight is 366 g/mol. The van der Waals surface area contributed by atoms with Crippen LogP contribution in [0, 0.1) is 0 Å². The zero-order chi connectivity index (χ0) is 19.4. The first-order chi connectivity index (χ1) is 13.0. The first-order valence-corrected chi connectivity index (χ1v) is 8.66. The van der Waals surface area contributed by atoms with E-state index in [1.54, 1.807) is 0 Å². The van der Waals surface area contributed by atoms with Gasteiger partial charge in [-0.25, -0.2) is 9.59 Å². The number of nitrogens with zero attached hydrogens (tertiary/aromatic N) is 2. The Hall–Kier alpha value is -3.28. The molecule has 6 nitrogen and oxygen atoms in total. The number of amides is 1. The highest BCUT2D eigenvalue weighted by atomic mass is 16.6. The summed E-state index contributed by atoms with van der Waals surface area (Å²) in [7, 11) is 3.37. The van der Waals surface area contributed by atoms with E-state index in [-0.39, 0.29) is 13.0 Å². The number of likely N-dealkylation sites (N-methyl/N-ethyl adjacent to an activating group) is 1. The molecule has 0 aliphatic carbocycles. The highest BCUT2D eigenvalue weighted by molar-refractivity contribution is 5.86. The lowest BCUT2D eigenvalue weighted by atomic mass is 10.0. The number of aliphatic carboxylic acids is 1. The van der Waals surface area contributed by atoms with Crippen molar-refractivity contribution < 1.29 is 19.4 Å². The molecule has 1 heterocycles. The second-order valence-corrected chi connectivity index (χ2v) is 6.49. The van der Waals surface area contributed by atoms with Gasteiger partial charge in [0.1, 0.15) is 12.6 Å². The van der Waals surface area contributed by atoms with Crippen molar-refractivity contribution in [1.82, 2.24) is 9.47 Å². The third kappa shape index (κ3) is 4.11. The largest absolute Gasteiger partial charge is 0.480 e. The summed E-state index contributed by atoms with van der Waals surface area (Å²) in [5.41, 5.74) is 2.74. The summed E-state index contributed by atoms with van der Waals surface area (Å²) in [6, 6.07) is 16.1. The Morgan fingerprint density at radius 3 is 2.48 bits per heavy atom. The van der Waals surface area contributed by atoms with Crippen LogP contribution in [0.4, 0.5) is 4.79 Å². The minimum atomic E-state index is -1.07. The van der Waals surface area contributed by atoms with Crippen LogP contribution in [-0.4, -0.2) is 39.7 Å². The van der Waals surface area contributed by atoms with Crippen molar-refractivity contribution >= 4 is 23.0 Å². The lowest BCUT2D eigenvalue weighted by molar-refractivity contribution is -0.142. The molecule has 0 aliphatic heterocycles. The number of carbonyl (C=O) groups excluding carboxylic acids is 1. The molecule has 6 heteroatoms. The SMILES string of the molecule is CN(C(=O)OCc1ccccc1)[C@@H](Cc1cn(C)c2ccccc12)C(=O)O. The fourth-order valence-electron chi connectivity index (χ4n) is 3.13. The van der Waals surface area contributed by atoms with Gasteiger partial charge in [-0.3, -0.25) is 4.90 Å². The normalized spacial score (nSPS) is 11.9. The molecule has 3 aromatic rings. The number of para-hydroxylation sites is 1. The summed E-state index contributed by atoms with van der Waals surface area (Å²) in [4.78, 5) is 25.3. The number of carboxylic acid groups (broad SMARTS) is 1. The van der Waals surface area contributed by atoms with Gasteiger partial charge >= 0.3 is 12.1 Å². The Morgan fingerprint density at radius 1 is 1.11 bits per heavy atom. The molecule has 1 N–H and O–H groups in total. The van der Waals surface area contributed by atoms with Gasteiger partial charge in [0.25, 0.3) is 0 Å². The molecule has 2 aromatic carbocycles. The van der Waals surface area contributed by atoms with Crippen LogP contribution in [0.5, 0.6) is 0 Å². The van der Waals surface area contributed by atoms with Crippen LogP contribution in [-0.2, 0) is 29.6 Å². The number of hydrogen-bond donors (Lipinski definition) is 1. The molecule has 0 saturated heterocycles. The number of benzene rings is 2. The van der Waals surface area contributed by atoms with E-state index in [2.05, 4.69) is 0 Å². The topological polar surface area (TPSA) is 71.8 Å². The van der Waals surface area contributed by atoms with Crippen LogP contribution in [0.15, 0.2) is 60.8 Å². The van der Waals surface area contributed by atoms with E-state index in [0.717, 1.165) is 26.9 Å². The Morgan fingerprint density at radius 2 is 1.78 bits per heavy atom. The molecule has 0 fully saturated rings. The minimum absolute atomic E-state index is 0.102. The van der Waals surface area contributed by atoms with Gasteiger partial charge in [-0.2, -0.15) is 0 Å². The standard InChI is InChI=1S/C21H22N2O4/c1-22-13-16(17-10-6-7-11-18(17)22)12-19(20(24)25)23(2)21(26)27-14-15-8-4-3-5-9-15/h3-11,13,19H,12,14H2,1-2H3,(H,24,25)/t19-/m0/s1. The van der Waals surface area contributed by atoms with Gasteiger partial charge in [0.05, 0.1) is 0 Å². The first kappa shape index (κ1) is 18.5. The van der Waals surface area contributed by atoms with E-state index in [4.69, 9.17) is 4.74 Å². The van der Waals surface area contributed by atoms with Gasteiger partial charge in [-0.05, 0) is 17.2 Å². The summed E-state index contributed by atoms with van der Waals surface area (Å²) in [5, 5.41) is 10.6. The van der Waals surface area contributed by atoms with E-state index in [1.807, 2.05) is 72.4 Å². The quantitative estimate of drug-likeness (QED) is 0.725. The molecule has 1 aromatic heterocycles. The van der Waals surface area contributed by atoms with Crippen molar-refractivity contribution in [2.75, 3.05) is 7.05 Å². The molecule has 0 saturated carbocycles. The maximum Gasteiger partial charge on any atom is 0.410 e. The van der Waals surface area contributed by atoms with Gasteiger partial charge in [-0.1, -0.05) is 48.5 Å². The predicted octanol–water partition coefficient (Wildman–Crippen LogP) is 3.44. The molecule has 140 valence electrons. The third-order valence-corrected chi connectivity index (χ3v) is 4.64. The molecular formula is C21H22N2O4. The fourth-order valence-corrected chi connectivity index (χ4v) is 3.13. The van der Waals surface area contributed by atoms with Crippen molar-refractivity contribution in [2.24, 2.45) is 7.05 Å². The Kier molecular flexibility index (Phi) is 5.45. The predicted molar refractivity (Wildman–Crippen MR) is 102 cm³/mol. The number of fused-ring (bicyclic) bond motifs is 1. The van der Waals surface area contributed by atoms with Gasteiger partial charge in [0.2, 0.25) is 0 Å². The highest BCUT2D eigenvalue weighted by Crippen LogP contribution is 2.23. The lowest BCUT2D eigenvalue weighted by Crippen LogP contribution is -2.44. The summed E-state index contributed by atoms with van der Waals surface area (Å²) in [6.45, 7) is 0.102. The first-order valence-electron chi connectivity index (χ1n) is 8.66. The van der Waals surface area contributed by atoms with Gasteiger partial charge < -0.3 is 14.4 Å². The zero-order valence-corrected chi connectivity index (χ0v) is 15.3. The molecule has 0 aliphatic rings. The third-order valence-electron chi connectivity index (χ3n) is 4.64. The van der Waals surface area contributed by atoms with Crippen LogP contribution >= 0.6 is 0 Å². The lowest BCUT2D eigenvalue weighted by Gasteiger charge is -2.24. The molecular weight excluding hydrogens is 344 g/mol. The highest BCUT2D eigenvalue weighted by Gasteiger charge is 2.29. The second kappa shape index (κ2) is 7.95. The molecule has 3 rings (SSSR count). The minimum Gasteiger partial charge on any atom is -0.480 e. The Balaban J connectivity index is 1.74. The Bertz CT molecular complexity index is 949. The zero-order valence-electron chi connectivity index (χ0n) is 15.3. The number of ether oxygens (including phenoxy) is 1. The van der Waals surface area contributed by atoms with Crippen LogP contribution < -0.4 is 0 Å². The van der Waals surface area contributed by atoms with Gasteiger partial charge in [-0.15, -0.1) is 0 Å². The van der Waals surface area contributed by atoms with E-state index < -0.39 is 18.1 Å². The second-order valence-electron chi connectivity index (χ2n) is 6.49. The number of aromatic nitrogens is 1. The number of rotatable bonds is 6. The van der Waals surface area contributed by atoms with Crippen LogP contribution in [0.3, 0.4) is 0 Å². The molecule has 0 spiro atoms. The van der Waals surface area contributed by atoms with Crippen molar-refractivity contribution in [1.29, 1.82) is 0 Å². The average Bonchev–Trinajstić information content (AvgIpc) is 3.00. The summed E-state index contributed by atoms with van der Waals surface area (Å²) in [5.74, 6) is -1.07. The van der Waals surface area contributed by atoms with Crippen molar-refractivity contribution in [3.05, 3.63) is 71.9 Å². The molecule has 0 bridgehead atoms. The number of hydrogen-bond acceptors (Lipinski definition) is 3. The van der Waals surface area contributed by atoms with E-state index in [0.29, 0.717) is 0 Å². The van der Waals surface area contributed by atoms with E-state index in [9.17, 15) is 14.7 Å². The van der Waals surface area contributed by atoms with Gasteiger partial charge in [0, 0.05) is 37.6 Å². The Labute approximate surface area is 157 Å². The summed E-state index contributed by atoms with van der Waals surface area (Å²) < 4.78 is 7.23. The summed E-state index contributed by atoms with van der Waals surface area (Å²) >= 11 is 0. The van der Waals surface area contributed by atoms with E-state index in [1.165, 1.54) is 7.05 Å². The van der Waals surface area contributed by atoms with Crippen LogP contribution in [0.25, 0.3) is 10.9 Å². The van der Waals surface area contributed by atoms with Gasteiger partial charge in [0.15, 0.2) is 0 Å². The fraction of sp³-hybridized carbons (Fsp3) is 0.238. The molecule has 1 amide bonds. The number of aryl methyl sites for hydroxylation is 1. The maximum absolute atomic E-state index is 12.4. The monoisotopic (exact) mass is 366 g/mol. The van der Waals surface area contributed by atoms with Crippen LogP contribution in [0.1, 0.15) is 11.1 Å². The number of carboxylic acids is 1. The van der Waals surface area contributed by atoms with Crippen molar-refractivity contribution in [3.63, 3.8) is 0 Å². The number of carbonyl (C=O) groups is 2. The van der Waals surface area contributed by atoms with Crippen LogP contribution in [0.2, 0.25) is 0 Å². The summed E-state index contributed by atoms with van der Waals surface area (Å²) in [6.07, 6.45) is 1.45. The van der Waals surface area contributed by atoms with E-state index >= 15 is 0 Å². The molecule has 27 heavy (non-hydrogen) atoms. The smallest absolute Gasteiger partial charge is 0.410 e. The molecule has 0 radical (unpaired) electrons. The molecule has 0 unspecified atom stereocenters. The van der Waals surface area contributed by atoms with Crippen molar-refractivity contribution in [2.45, 2.75) is 19.1 Å². The van der Waals surface area contributed by atoms with Crippen molar-refractivity contribution in [3.8, 4) is 0 Å². The maximum atomic E-state index is 12.4. The molecule has 1 atom stereocenters.